The minimum atomic E-state index is -4.96. The number of aliphatic hydroxyl groups excluding tert-OH is 1. The molecule has 3 unspecified atom stereocenters. The van der Waals surface area contributed by atoms with Gasteiger partial charge in [-0.1, -0.05) is 309 Å². The third-order valence-corrected chi connectivity index (χ3v) is 18.9. The number of hydrogen-bond donors (Lipinski definition) is 3. The number of rotatable bonds is 72. The van der Waals surface area contributed by atoms with E-state index in [1.807, 2.05) is 0 Å². The Morgan fingerprint density at radius 2 is 0.602 bits per heavy atom. The first-order valence-electron chi connectivity index (χ1n) is 38.0. The van der Waals surface area contributed by atoms with E-state index < -0.39 is 97.5 Å². The Morgan fingerprint density at radius 3 is 0.914 bits per heavy atom. The number of esters is 4. The number of carbonyl (C=O) groups is 4. The van der Waals surface area contributed by atoms with Gasteiger partial charge in [0.1, 0.15) is 19.3 Å². The summed E-state index contributed by atoms with van der Waals surface area (Å²) in [7, 11) is -9.91. The molecule has 0 rings (SSSR count). The van der Waals surface area contributed by atoms with E-state index in [4.69, 9.17) is 37.0 Å². The number of unbranched alkanes of at least 4 members (excludes halogenated alkanes) is 40. The van der Waals surface area contributed by atoms with Crippen LogP contribution >= 0.6 is 15.6 Å². The molecule has 93 heavy (non-hydrogen) atoms. The van der Waals surface area contributed by atoms with Crippen molar-refractivity contribution < 1.29 is 80.2 Å². The SMILES string of the molecule is CCCCCC/C=C\C=C/CCCCCCCC(=O)OC[C@H](COP(=O)(O)OC[C@@H](O)COP(=O)(O)OC[C@@H](COC(=O)CCCCCCCCCCCC)OC(=O)CCCCCCCCCCCC)OC(=O)CCCCCCCCCCCCCCCCC(C)CC. The van der Waals surface area contributed by atoms with Gasteiger partial charge in [-0.2, -0.15) is 0 Å². The number of phosphoric acid groups is 2. The molecule has 17 nitrogen and oxygen atoms in total. The molecule has 548 valence electrons. The number of allylic oxidation sites excluding steroid dienone is 4. The van der Waals surface area contributed by atoms with Gasteiger partial charge >= 0.3 is 39.5 Å². The zero-order chi connectivity index (χ0) is 68.4. The third-order valence-electron chi connectivity index (χ3n) is 17.0. The van der Waals surface area contributed by atoms with Gasteiger partial charge in [-0.3, -0.25) is 37.3 Å². The second-order valence-electron chi connectivity index (χ2n) is 26.2. The lowest BCUT2D eigenvalue weighted by atomic mass is 9.99. The molecule has 0 amide bonds. The van der Waals surface area contributed by atoms with Crippen LogP contribution in [0.15, 0.2) is 24.3 Å². The fourth-order valence-corrected chi connectivity index (χ4v) is 12.4. The summed E-state index contributed by atoms with van der Waals surface area (Å²) >= 11 is 0. The Kier molecular flexibility index (Phi) is 65.0. The molecular weight excluding hydrogens is 1220 g/mol. The summed E-state index contributed by atoms with van der Waals surface area (Å²) in [6.45, 7) is 7.24. The first-order valence-corrected chi connectivity index (χ1v) is 41.0. The number of ether oxygens (including phenoxy) is 4. The molecule has 0 aliphatic rings. The molecule has 0 aromatic carbocycles. The number of aliphatic hydroxyl groups is 1. The van der Waals surface area contributed by atoms with Gasteiger partial charge in [-0.25, -0.2) is 9.13 Å². The van der Waals surface area contributed by atoms with Crippen LogP contribution in [0.25, 0.3) is 0 Å². The Morgan fingerprint density at radius 1 is 0.344 bits per heavy atom. The zero-order valence-corrected chi connectivity index (χ0v) is 61.7. The van der Waals surface area contributed by atoms with Crippen LogP contribution in [0.3, 0.4) is 0 Å². The second kappa shape index (κ2) is 66.8. The highest BCUT2D eigenvalue weighted by Gasteiger charge is 2.30. The molecule has 0 spiro atoms. The molecule has 0 aliphatic carbocycles. The molecular formula is C74H140O17P2. The van der Waals surface area contributed by atoms with Gasteiger partial charge in [-0.15, -0.1) is 0 Å². The molecule has 0 saturated heterocycles. The maximum absolute atomic E-state index is 13.1. The smallest absolute Gasteiger partial charge is 0.462 e. The van der Waals surface area contributed by atoms with Gasteiger partial charge in [0.15, 0.2) is 12.2 Å². The molecule has 0 aliphatic heterocycles. The molecule has 6 atom stereocenters. The summed E-state index contributed by atoms with van der Waals surface area (Å²) in [6, 6.07) is 0. The van der Waals surface area contributed by atoms with Crippen molar-refractivity contribution in [3.8, 4) is 0 Å². The molecule has 0 fully saturated rings. The average molecular weight is 1360 g/mol. The number of hydrogen-bond acceptors (Lipinski definition) is 15. The zero-order valence-electron chi connectivity index (χ0n) is 59.9. The van der Waals surface area contributed by atoms with Crippen LogP contribution in [0.1, 0.15) is 362 Å². The van der Waals surface area contributed by atoms with Crippen LogP contribution in [0.2, 0.25) is 0 Å². The van der Waals surface area contributed by atoms with Gasteiger partial charge in [0.25, 0.3) is 0 Å². The second-order valence-corrected chi connectivity index (χ2v) is 29.1. The molecule has 0 aromatic rings. The van der Waals surface area contributed by atoms with Crippen LogP contribution in [0, 0.1) is 5.92 Å². The van der Waals surface area contributed by atoms with E-state index in [1.165, 1.54) is 167 Å². The molecule has 0 saturated carbocycles. The van der Waals surface area contributed by atoms with E-state index in [2.05, 4.69) is 58.9 Å². The van der Waals surface area contributed by atoms with Gasteiger partial charge in [0, 0.05) is 25.7 Å². The first kappa shape index (κ1) is 90.5. The van der Waals surface area contributed by atoms with Gasteiger partial charge in [0.2, 0.25) is 0 Å². The lowest BCUT2D eigenvalue weighted by molar-refractivity contribution is -0.161. The van der Waals surface area contributed by atoms with Crippen molar-refractivity contribution in [1.29, 1.82) is 0 Å². The highest BCUT2D eigenvalue weighted by molar-refractivity contribution is 7.47. The fourth-order valence-electron chi connectivity index (χ4n) is 10.8. The highest BCUT2D eigenvalue weighted by atomic mass is 31.2. The van der Waals surface area contributed by atoms with E-state index in [-0.39, 0.29) is 25.7 Å². The normalized spacial score (nSPS) is 14.5. The maximum Gasteiger partial charge on any atom is 0.472 e. The fraction of sp³-hybridized carbons (Fsp3) is 0.892. The standard InChI is InChI=1S/C74H140O17P2/c1-6-10-13-16-19-22-25-26-27-31-34-39-43-48-53-58-72(77)85-64-70(91-74(79)60-55-50-45-40-35-32-29-28-30-33-36-41-46-51-56-67(5)9-4)66-89-93(82,83)87-62-68(75)61-86-92(80,81)88-65-69(90-73(78)59-54-49-44-38-24-21-18-15-12-8-3)63-84-71(76)57-52-47-42-37-23-20-17-14-11-7-2/h22,25-27,67-70,75H,6-21,23-24,28-66H2,1-5H3,(H,80,81)(H,82,83)/b25-22-,27-26-/t67?,68-,69+,70+/m0/s1. The van der Waals surface area contributed by atoms with Gasteiger partial charge in [0.05, 0.1) is 26.4 Å². The Hall–Kier alpha value is -2.46. The molecule has 19 heteroatoms. The molecule has 3 N–H and O–H groups in total. The third kappa shape index (κ3) is 66.6. The minimum absolute atomic E-state index is 0.101. The molecule has 0 radical (unpaired) electrons. The van der Waals surface area contributed by atoms with E-state index >= 15 is 0 Å². The van der Waals surface area contributed by atoms with E-state index in [9.17, 15) is 43.2 Å². The van der Waals surface area contributed by atoms with Crippen molar-refractivity contribution >= 4 is 39.5 Å². The van der Waals surface area contributed by atoms with Crippen LogP contribution in [0.4, 0.5) is 0 Å². The topological polar surface area (TPSA) is 237 Å². The predicted octanol–water partition coefficient (Wildman–Crippen LogP) is 21.2. The monoisotopic (exact) mass is 1360 g/mol. The van der Waals surface area contributed by atoms with Crippen molar-refractivity contribution in [1.82, 2.24) is 0 Å². The van der Waals surface area contributed by atoms with Gasteiger partial charge in [-0.05, 0) is 57.3 Å². The summed E-state index contributed by atoms with van der Waals surface area (Å²) in [5, 5.41) is 10.6. The van der Waals surface area contributed by atoms with Gasteiger partial charge < -0.3 is 33.8 Å². The minimum Gasteiger partial charge on any atom is -0.462 e. The van der Waals surface area contributed by atoms with Crippen molar-refractivity contribution in [2.45, 2.75) is 380 Å². The Bertz CT molecular complexity index is 1880. The Balaban J connectivity index is 5.26. The van der Waals surface area contributed by atoms with E-state index in [1.54, 1.807) is 0 Å². The first-order chi connectivity index (χ1) is 45.1. The number of carbonyl (C=O) groups excluding carboxylic acids is 4. The summed E-state index contributed by atoms with van der Waals surface area (Å²) in [4.78, 5) is 72.6. The summed E-state index contributed by atoms with van der Waals surface area (Å²) in [6.07, 6.45) is 57.5. The van der Waals surface area contributed by atoms with E-state index in [0.717, 1.165) is 115 Å². The maximum atomic E-state index is 13.1. The molecule has 0 bridgehead atoms. The average Bonchev–Trinajstić information content (AvgIpc) is 2.57. The van der Waals surface area contributed by atoms with Crippen LogP contribution in [0.5, 0.6) is 0 Å². The van der Waals surface area contributed by atoms with E-state index in [0.29, 0.717) is 25.7 Å². The lowest BCUT2D eigenvalue weighted by Gasteiger charge is -2.21. The van der Waals surface area contributed by atoms with Crippen molar-refractivity contribution in [2.24, 2.45) is 5.92 Å². The quantitative estimate of drug-likeness (QED) is 0.0169. The largest absolute Gasteiger partial charge is 0.472 e. The van der Waals surface area contributed by atoms with Crippen LogP contribution in [-0.4, -0.2) is 96.7 Å². The lowest BCUT2D eigenvalue weighted by Crippen LogP contribution is -2.30. The van der Waals surface area contributed by atoms with Crippen molar-refractivity contribution in [2.75, 3.05) is 39.6 Å². The Labute approximate surface area is 567 Å². The predicted molar refractivity (Wildman–Crippen MR) is 377 cm³/mol. The van der Waals surface area contributed by atoms with Crippen LogP contribution < -0.4 is 0 Å². The van der Waals surface area contributed by atoms with Crippen molar-refractivity contribution in [3.63, 3.8) is 0 Å². The molecule has 0 heterocycles. The van der Waals surface area contributed by atoms with Crippen molar-refractivity contribution in [3.05, 3.63) is 24.3 Å². The summed E-state index contributed by atoms with van der Waals surface area (Å²) in [5.41, 5.74) is 0. The highest BCUT2D eigenvalue weighted by Crippen LogP contribution is 2.45. The summed E-state index contributed by atoms with van der Waals surface area (Å²) < 4.78 is 68.3. The summed E-state index contributed by atoms with van der Waals surface area (Å²) in [5.74, 6) is -1.30. The molecule has 0 aromatic heterocycles. The van der Waals surface area contributed by atoms with Crippen LogP contribution in [-0.2, 0) is 65.4 Å². The number of phosphoric ester groups is 2.